The van der Waals surface area contributed by atoms with Gasteiger partial charge in [-0.05, 0) is 31.0 Å². The molecule has 7 nitrogen and oxygen atoms in total. The first kappa shape index (κ1) is 19.7. The number of carboxylic acids is 1. The third-order valence-electron chi connectivity index (χ3n) is 3.44. The Kier molecular flexibility index (Phi) is 6.10. The molecule has 0 saturated carbocycles. The topological polar surface area (TPSA) is 101 Å². The van der Waals surface area contributed by atoms with E-state index in [2.05, 4.69) is 9.82 Å². The van der Waals surface area contributed by atoms with Gasteiger partial charge in [0.05, 0.1) is 21.3 Å². The van der Waals surface area contributed by atoms with Gasteiger partial charge >= 0.3 is 5.97 Å². The van der Waals surface area contributed by atoms with Gasteiger partial charge in [-0.3, -0.25) is 4.68 Å². The second-order valence-electron chi connectivity index (χ2n) is 5.70. The predicted octanol–water partition coefficient (Wildman–Crippen LogP) is 2.81. The third kappa shape index (κ3) is 4.94. The summed E-state index contributed by atoms with van der Waals surface area (Å²) in [5.74, 6) is -1.38. The van der Waals surface area contributed by atoms with Crippen LogP contribution in [0.3, 0.4) is 0 Å². The zero-order valence-corrected chi connectivity index (χ0v) is 15.9. The summed E-state index contributed by atoms with van der Waals surface area (Å²) in [7, 11) is -3.98. The first-order chi connectivity index (χ1) is 11.6. The average molecular weight is 406 g/mol. The molecule has 2 N–H and O–H groups in total. The molecule has 0 spiro atoms. The van der Waals surface area contributed by atoms with Crippen molar-refractivity contribution in [1.82, 2.24) is 14.5 Å². The number of nitrogens with zero attached hydrogens (tertiary/aromatic N) is 2. The van der Waals surface area contributed by atoms with Crippen molar-refractivity contribution in [2.75, 3.05) is 6.54 Å². The lowest BCUT2D eigenvalue weighted by molar-refractivity contribution is 0.0697. The molecule has 136 valence electrons. The molecule has 0 amide bonds. The van der Waals surface area contributed by atoms with Crippen LogP contribution in [0.2, 0.25) is 10.0 Å². The standard InChI is InChI=1S/C15H17Cl2N3O4S/c1-9(8-20-4-3-10(2)19-20)7-18-25(23,24)14-5-11(15(21)22)12(16)6-13(14)17/h3-6,9,18H,7-8H2,1-2H3,(H,21,22). The quantitative estimate of drug-likeness (QED) is 0.737. The first-order valence-corrected chi connectivity index (χ1v) is 9.56. The molecule has 1 aromatic heterocycles. The first-order valence-electron chi connectivity index (χ1n) is 7.32. The number of hydrogen-bond donors (Lipinski definition) is 2. The maximum Gasteiger partial charge on any atom is 0.337 e. The SMILES string of the molecule is Cc1ccn(CC(C)CNS(=O)(=O)c2cc(C(=O)O)c(Cl)cc2Cl)n1. The molecule has 10 heteroatoms. The Bertz CT molecular complexity index is 896. The van der Waals surface area contributed by atoms with E-state index in [1.54, 1.807) is 4.68 Å². The molecule has 0 aliphatic heterocycles. The van der Waals surface area contributed by atoms with Gasteiger partial charge in [0.2, 0.25) is 10.0 Å². The zero-order valence-electron chi connectivity index (χ0n) is 13.5. The van der Waals surface area contributed by atoms with Crippen molar-refractivity contribution in [1.29, 1.82) is 0 Å². The average Bonchev–Trinajstić information content (AvgIpc) is 2.89. The third-order valence-corrected chi connectivity index (χ3v) is 5.64. The smallest absolute Gasteiger partial charge is 0.337 e. The van der Waals surface area contributed by atoms with Gasteiger partial charge in [0, 0.05) is 19.3 Å². The Labute approximate surface area is 155 Å². The van der Waals surface area contributed by atoms with Crippen LogP contribution in [-0.4, -0.2) is 35.8 Å². The summed E-state index contributed by atoms with van der Waals surface area (Å²) in [5, 5.41) is 13.1. The van der Waals surface area contributed by atoms with Gasteiger partial charge < -0.3 is 5.11 Å². The highest BCUT2D eigenvalue weighted by Crippen LogP contribution is 2.28. The molecule has 1 unspecified atom stereocenters. The van der Waals surface area contributed by atoms with Crippen LogP contribution in [0.25, 0.3) is 0 Å². The van der Waals surface area contributed by atoms with Crippen LogP contribution >= 0.6 is 23.2 Å². The lowest BCUT2D eigenvalue weighted by Gasteiger charge is -2.14. The number of carbonyl (C=O) groups is 1. The van der Waals surface area contributed by atoms with Gasteiger partial charge in [-0.2, -0.15) is 5.10 Å². The van der Waals surface area contributed by atoms with E-state index in [4.69, 9.17) is 28.3 Å². The fourth-order valence-corrected chi connectivity index (χ4v) is 4.19. The number of aromatic nitrogens is 2. The summed E-state index contributed by atoms with van der Waals surface area (Å²) in [4.78, 5) is 10.8. The minimum Gasteiger partial charge on any atom is -0.478 e. The molecular formula is C15H17Cl2N3O4S. The number of aryl methyl sites for hydroxylation is 1. The van der Waals surface area contributed by atoms with Crippen LogP contribution in [0.4, 0.5) is 0 Å². The predicted molar refractivity (Wildman–Crippen MR) is 94.7 cm³/mol. The van der Waals surface area contributed by atoms with E-state index in [1.165, 1.54) is 0 Å². The number of rotatable bonds is 7. The van der Waals surface area contributed by atoms with Crippen molar-refractivity contribution in [3.8, 4) is 0 Å². The molecule has 2 rings (SSSR count). The summed E-state index contributed by atoms with van der Waals surface area (Å²) in [6.45, 7) is 4.41. The van der Waals surface area contributed by atoms with E-state index in [0.717, 1.165) is 17.8 Å². The maximum absolute atomic E-state index is 12.4. The summed E-state index contributed by atoms with van der Waals surface area (Å²) in [6, 6.07) is 3.92. The number of halogens is 2. The highest BCUT2D eigenvalue weighted by Gasteiger charge is 2.23. The van der Waals surface area contributed by atoms with Crippen LogP contribution in [0.15, 0.2) is 29.3 Å². The van der Waals surface area contributed by atoms with Crippen molar-refractivity contribution >= 4 is 39.2 Å². The molecule has 0 aliphatic carbocycles. The van der Waals surface area contributed by atoms with E-state index < -0.39 is 16.0 Å². The number of nitrogens with one attached hydrogen (secondary N) is 1. The summed E-state index contributed by atoms with van der Waals surface area (Å²) < 4.78 is 29.1. The molecule has 25 heavy (non-hydrogen) atoms. The molecule has 1 atom stereocenters. The minimum absolute atomic E-state index is 0.0425. The normalized spacial score (nSPS) is 13.0. The Morgan fingerprint density at radius 1 is 1.36 bits per heavy atom. The fourth-order valence-electron chi connectivity index (χ4n) is 2.18. The van der Waals surface area contributed by atoms with Crippen molar-refractivity contribution in [2.45, 2.75) is 25.3 Å². The van der Waals surface area contributed by atoms with E-state index in [1.807, 2.05) is 26.1 Å². The number of aromatic carboxylic acids is 1. The van der Waals surface area contributed by atoms with E-state index >= 15 is 0 Å². The van der Waals surface area contributed by atoms with Crippen LogP contribution in [0, 0.1) is 12.8 Å². The number of hydrogen-bond acceptors (Lipinski definition) is 4. The van der Waals surface area contributed by atoms with Gasteiger partial charge in [-0.25, -0.2) is 17.9 Å². The van der Waals surface area contributed by atoms with Gasteiger partial charge in [0.25, 0.3) is 0 Å². The number of benzene rings is 1. The molecule has 1 aromatic carbocycles. The van der Waals surface area contributed by atoms with Gasteiger partial charge in [-0.15, -0.1) is 0 Å². The summed E-state index contributed by atoms with van der Waals surface area (Å²) in [6.07, 6.45) is 1.82. The Hall–Kier alpha value is -1.61. The molecule has 0 aliphatic rings. The monoisotopic (exact) mass is 405 g/mol. The summed E-state index contributed by atoms with van der Waals surface area (Å²) in [5.41, 5.74) is 0.549. The van der Waals surface area contributed by atoms with Crippen LogP contribution in [0.5, 0.6) is 0 Å². The molecule has 1 heterocycles. The lowest BCUT2D eigenvalue weighted by Crippen LogP contribution is -2.30. The van der Waals surface area contributed by atoms with E-state index in [0.29, 0.717) is 6.54 Å². The Morgan fingerprint density at radius 3 is 2.60 bits per heavy atom. The Balaban J connectivity index is 2.13. The molecule has 0 fully saturated rings. The maximum atomic E-state index is 12.4. The fraction of sp³-hybridized carbons (Fsp3) is 0.333. The van der Waals surface area contributed by atoms with Crippen molar-refractivity contribution < 1.29 is 18.3 Å². The van der Waals surface area contributed by atoms with Crippen LogP contribution < -0.4 is 4.72 Å². The highest BCUT2D eigenvalue weighted by atomic mass is 35.5. The Morgan fingerprint density at radius 2 is 2.04 bits per heavy atom. The molecule has 2 aromatic rings. The molecular weight excluding hydrogens is 389 g/mol. The van der Waals surface area contributed by atoms with E-state index in [9.17, 15) is 13.2 Å². The lowest BCUT2D eigenvalue weighted by atomic mass is 10.2. The zero-order chi connectivity index (χ0) is 18.8. The van der Waals surface area contributed by atoms with Crippen LogP contribution in [0.1, 0.15) is 23.0 Å². The largest absolute Gasteiger partial charge is 0.478 e. The second kappa shape index (κ2) is 7.74. The van der Waals surface area contributed by atoms with Crippen molar-refractivity contribution in [3.63, 3.8) is 0 Å². The van der Waals surface area contributed by atoms with Crippen LogP contribution in [-0.2, 0) is 16.6 Å². The van der Waals surface area contributed by atoms with Crippen molar-refractivity contribution in [2.24, 2.45) is 5.92 Å². The number of sulfonamides is 1. The van der Waals surface area contributed by atoms with Gasteiger partial charge in [0.1, 0.15) is 4.90 Å². The summed E-state index contributed by atoms with van der Waals surface area (Å²) >= 11 is 11.7. The minimum atomic E-state index is -3.98. The molecule has 0 saturated heterocycles. The van der Waals surface area contributed by atoms with Gasteiger partial charge in [0.15, 0.2) is 0 Å². The molecule has 0 radical (unpaired) electrons. The molecule has 0 bridgehead atoms. The van der Waals surface area contributed by atoms with Crippen molar-refractivity contribution in [3.05, 3.63) is 45.7 Å². The van der Waals surface area contributed by atoms with Gasteiger partial charge in [-0.1, -0.05) is 30.1 Å². The van der Waals surface area contributed by atoms with E-state index in [-0.39, 0.29) is 33.0 Å². The second-order valence-corrected chi connectivity index (χ2v) is 8.25. The highest BCUT2D eigenvalue weighted by molar-refractivity contribution is 7.89. The number of carboxylic acid groups (broad SMARTS) is 1.